The number of carbonyl (C=O) groups is 1. The van der Waals surface area contributed by atoms with Crippen LogP contribution in [0.5, 0.6) is 0 Å². The van der Waals surface area contributed by atoms with Crippen molar-refractivity contribution >= 4 is 39.2 Å². The first-order chi connectivity index (χ1) is 14.8. The maximum absolute atomic E-state index is 13.4. The number of hydrogen-bond donors (Lipinski definition) is 0. The third kappa shape index (κ3) is 4.55. The van der Waals surface area contributed by atoms with E-state index in [1.165, 1.54) is 35.2 Å². The minimum absolute atomic E-state index is 0.0216. The number of carbonyl (C=O) groups excluding carboxylic acids is 1. The number of thiophene rings is 1. The minimum Gasteiger partial charge on any atom is -0.341 e. The average Bonchev–Trinajstić information content (AvgIpc) is 3.36. The maximum Gasteiger partial charge on any atom is 0.263 e. The van der Waals surface area contributed by atoms with Crippen LogP contribution in [-0.4, -0.2) is 33.2 Å². The average molecular weight is 460 g/mol. The molecule has 0 N–H and O–H groups in total. The molecule has 8 heteroatoms. The van der Waals surface area contributed by atoms with Gasteiger partial charge < -0.3 is 4.90 Å². The number of aromatic nitrogens is 2. The second kappa shape index (κ2) is 9.12. The van der Waals surface area contributed by atoms with Gasteiger partial charge >= 0.3 is 0 Å². The van der Waals surface area contributed by atoms with Crippen LogP contribution in [0.4, 0.5) is 4.39 Å². The molecule has 0 spiro atoms. The molecule has 1 aromatic carbocycles. The normalized spacial score (nSPS) is 14.5. The zero-order chi connectivity index (χ0) is 22.1. The van der Waals surface area contributed by atoms with Crippen molar-refractivity contribution in [1.82, 2.24) is 14.5 Å². The summed E-state index contributed by atoms with van der Waals surface area (Å²) in [6, 6.07) is 6.31. The fourth-order valence-corrected chi connectivity index (χ4v) is 6.14. The molecule has 1 aliphatic rings. The topological polar surface area (TPSA) is 55.2 Å². The van der Waals surface area contributed by atoms with Crippen molar-refractivity contribution in [1.29, 1.82) is 0 Å². The number of thioether (sulfide) groups is 1. The molecule has 1 fully saturated rings. The highest BCUT2D eigenvalue weighted by atomic mass is 32.2. The summed E-state index contributed by atoms with van der Waals surface area (Å²) < 4.78 is 14.9. The molecule has 0 unspecified atom stereocenters. The zero-order valence-corrected chi connectivity index (χ0v) is 19.6. The molecule has 164 valence electrons. The van der Waals surface area contributed by atoms with Gasteiger partial charge in [0.15, 0.2) is 5.16 Å². The predicted molar refractivity (Wildman–Crippen MR) is 124 cm³/mol. The molecule has 0 saturated heterocycles. The number of aryl methyl sites for hydroxylation is 2. The summed E-state index contributed by atoms with van der Waals surface area (Å²) in [6.07, 6.45) is 4.17. The van der Waals surface area contributed by atoms with Crippen molar-refractivity contribution in [3.63, 3.8) is 0 Å². The van der Waals surface area contributed by atoms with E-state index in [9.17, 15) is 14.0 Å². The summed E-state index contributed by atoms with van der Waals surface area (Å²) in [7, 11) is 1.74. The highest BCUT2D eigenvalue weighted by Crippen LogP contribution is 2.34. The molecule has 4 rings (SSSR count). The lowest BCUT2D eigenvalue weighted by atomic mass is 10.2. The monoisotopic (exact) mass is 459 g/mol. The van der Waals surface area contributed by atoms with Crippen molar-refractivity contribution in [3.8, 4) is 0 Å². The lowest BCUT2D eigenvalue weighted by Crippen LogP contribution is -2.29. The molecule has 1 aliphatic carbocycles. The predicted octanol–water partition coefficient (Wildman–Crippen LogP) is 5.08. The molecular weight excluding hydrogens is 433 g/mol. The SMILES string of the molecule is Cc1sc2nc(SCC(=O)N(C)Cc3ccc(F)cc3)n(C3CCCC3)c(=O)c2c1C. The fourth-order valence-electron chi connectivity index (χ4n) is 4.06. The third-order valence-electron chi connectivity index (χ3n) is 5.98. The van der Waals surface area contributed by atoms with Gasteiger partial charge in [-0.15, -0.1) is 11.3 Å². The van der Waals surface area contributed by atoms with Crippen LogP contribution in [-0.2, 0) is 11.3 Å². The van der Waals surface area contributed by atoms with E-state index >= 15 is 0 Å². The Morgan fingerprint density at radius 2 is 1.94 bits per heavy atom. The lowest BCUT2D eigenvalue weighted by molar-refractivity contribution is -0.127. The summed E-state index contributed by atoms with van der Waals surface area (Å²) in [4.78, 5) is 34.5. The van der Waals surface area contributed by atoms with E-state index in [2.05, 4.69) is 0 Å². The van der Waals surface area contributed by atoms with Crippen LogP contribution < -0.4 is 5.56 Å². The van der Waals surface area contributed by atoms with Crippen molar-refractivity contribution in [3.05, 3.63) is 56.4 Å². The molecule has 2 heterocycles. The van der Waals surface area contributed by atoms with Gasteiger partial charge in [-0.05, 0) is 49.9 Å². The fraction of sp³-hybridized carbons (Fsp3) is 0.435. The second-order valence-corrected chi connectivity index (χ2v) is 10.3. The van der Waals surface area contributed by atoms with Crippen LogP contribution in [0.1, 0.15) is 47.7 Å². The van der Waals surface area contributed by atoms with E-state index in [-0.39, 0.29) is 29.1 Å². The number of hydrogen-bond acceptors (Lipinski definition) is 5. The summed E-state index contributed by atoms with van der Waals surface area (Å²) in [5.74, 6) is -0.148. The van der Waals surface area contributed by atoms with Gasteiger partial charge in [-0.25, -0.2) is 9.37 Å². The quantitative estimate of drug-likeness (QED) is 0.381. The Labute approximate surface area is 189 Å². The molecule has 1 saturated carbocycles. The second-order valence-electron chi connectivity index (χ2n) is 8.14. The third-order valence-corrected chi connectivity index (χ3v) is 8.01. The van der Waals surface area contributed by atoms with Gasteiger partial charge in [0.05, 0.1) is 11.1 Å². The number of amides is 1. The zero-order valence-electron chi connectivity index (χ0n) is 18.0. The Hall–Kier alpha value is -2.19. The molecule has 0 aliphatic heterocycles. The van der Waals surface area contributed by atoms with Gasteiger partial charge in [-0.2, -0.15) is 0 Å². The Morgan fingerprint density at radius 1 is 1.26 bits per heavy atom. The standard InChI is InChI=1S/C23H26FN3O2S2/c1-14-15(2)31-21-20(14)22(29)27(18-6-4-5-7-18)23(25-21)30-13-19(28)26(3)12-16-8-10-17(24)11-9-16/h8-11,18H,4-7,12-13H2,1-3H3. The number of nitrogens with zero attached hydrogens (tertiary/aromatic N) is 3. The lowest BCUT2D eigenvalue weighted by Gasteiger charge is -2.20. The molecule has 31 heavy (non-hydrogen) atoms. The molecule has 1 amide bonds. The summed E-state index contributed by atoms with van der Waals surface area (Å²) >= 11 is 2.87. The first kappa shape index (κ1) is 22.0. The van der Waals surface area contributed by atoms with Crippen molar-refractivity contribution in [2.24, 2.45) is 0 Å². The van der Waals surface area contributed by atoms with E-state index in [0.717, 1.165) is 51.9 Å². The highest BCUT2D eigenvalue weighted by molar-refractivity contribution is 7.99. The minimum atomic E-state index is -0.293. The summed E-state index contributed by atoms with van der Waals surface area (Å²) in [6.45, 7) is 4.41. The Balaban J connectivity index is 1.57. The smallest absolute Gasteiger partial charge is 0.263 e. The summed E-state index contributed by atoms with van der Waals surface area (Å²) in [5.41, 5.74) is 1.90. The van der Waals surface area contributed by atoms with Crippen LogP contribution in [0.2, 0.25) is 0 Å². The number of halogens is 1. The van der Waals surface area contributed by atoms with Crippen LogP contribution in [0.3, 0.4) is 0 Å². The van der Waals surface area contributed by atoms with Gasteiger partial charge in [0, 0.05) is 24.5 Å². The highest BCUT2D eigenvalue weighted by Gasteiger charge is 2.25. The van der Waals surface area contributed by atoms with Crippen molar-refractivity contribution in [2.45, 2.75) is 57.3 Å². The van der Waals surface area contributed by atoms with Crippen LogP contribution in [0.25, 0.3) is 10.2 Å². The summed E-state index contributed by atoms with van der Waals surface area (Å²) in [5, 5.41) is 1.35. The van der Waals surface area contributed by atoms with E-state index in [1.807, 2.05) is 18.4 Å². The van der Waals surface area contributed by atoms with Crippen molar-refractivity contribution < 1.29 is 9.18 Å². The number of fused-ring (bicyclic) bond motifs is 1. The first-order valence-electron chi connectivity index (χ1n) is 10.5. The Morgan fingerprint density at radius 3 is 2.61 bits per heavy atom. The van der Waals surface area contributed by atoms with Gasteiger partial charge in [-0.1, -0.05) is 36.7 Å². The van der Waals surface area contributed by atoms with Crippen LogP contribution in [0.15, 0.2) is 34.2 Å². The maximum atomic E-state index is 13.4. The van der Waals surface area contributed by atoms with Crippen molar-refractivity contribution in [2.75, 3.05) is 12.8 Å². The van der Waals surface area contributed by atoms with E-state index in [4.69, 9.17) is 4.98 Å². The van der Waals surface area contributed by atoms with E-state index in [0.29, 0.717) is 11.7 Å². The van der Waals surface area contributed by atoms with Gasteiger partial charge in [0.1, 0.15) is 10.6 Å². The molecule has 0 bridgehead atoms. The number of rotatable bonds is 6. The number of benzene rings is 1. The molecule has 3 aromatic rings. The Bertz CT molecular complexity index is 1160. The van der Waals surface area contributed by atoms with Gasteiger partial charge in [-0.3, -0.25) is 14.2 Å². The van der Waals surface area contributed by atoms with Crippen LogP contribution in [0, 0.1) is 19.7 Å². The largest absolute Gasteiger partial charge is 0.341 e. The van der Waals surface area contributed by atoms with E-state index in [1.54, 1.807) is 24.1 Å². The first-order valence-corrected chi connectivity index (χ1v) is 12.3. The molecular formula is C23H26FN3O2S2. The van der Waals surface area contributed by atoms with Gasteiger partial charge in [0.25, 0.3) is 5.56 Å². The molecule has 5 nitrogen and oxygen atoms in total. The molecule has 0 radical (unpaired) electrons. The molecule has 2 aromatic heterocycles. The molecule has 0 atom stereocenters. The van der Waals surface area contributed by atoms with Crippen LogP contribution >= 0.6 is 23.1 Å². The van der Waals surface area contributed by atoms with Gasteiger partial charge in [0.2, 0.25) is 5.91 Å². The van der Waals surface area contributed by atoms with E-state index < -0.39 is 0 Å². The Kier molecular flexibility index (Phi) is 6.48.